The number of carbonyl (C=O) groups is 1. The first kappa shape index (κ1) is 15.5. The normalized spacial score (nSPS) is 9.95. The summed E-state index contributed by atoms with van der Waals surface area (Å²) in [7, 11) is 0. The van der Waals surface area contributed by atoms with Crippen molar-refractivity contribution in [3.05, 3.63) is 51.6 Å². The maximum absolute atomic E-state index is 11.8. The second kappa shape index (κ2) is 7.81. The number of benzene rings is 1. The minimum Gasteiger partial charge on any atom is -0.351 e. The van der Waals surface area contributed by atoms with Crippen LogP contribution in [-0.2, 0) is 0 Å². The fourth-order valence-corrected chi connectivity index (χ4v) is 2.20. The quantitative estimate of drug-likeness (QED) is 0.364. The van der Waals surface area contributed by atoms with Gasteiger partial charge >= 0.3 is 0 Å². The Bertz CT molecular complexity index is 494. The van der Waals surface area contributed by atoms with Gasteiger partial charge in [0.05, 0.1) is 10.5 Å². The maximum Gasteiger partial charge on any atom is 0.288 e. The predicted octanol–water partition coefficient (Wildman–Crippen LogP) is 2.90. The summed E-state index contributed by atoms with van der Waals surface area (Å²) in [5.74, 6) is 1.14. The van der Waals surface area contributed by atoms with E-state index in [0.29, 0.717) is 6.54 Å². The average Bonchev–Trinajstić information content (AvgIpc) is 2.38. The van der Waals surface area contributed by atoms with Crippen LogP contribution >= 0.6 is 23.4 Å². The highest BCUT2D eigenvalue weighted by atomic mass is 35.5. The van der Waals surface area contributed by atoms with E-state index in [9.17, 15) is 14.9 Å². The lowest BCUT2D eigenvalue weighted by molar-refractivity contribution is -0.384. The van der Waals surface area contributed by atoms with Crippen molar-refractivity contribution in [1.29, 1.82) is 0 Å². The Morgan fingerprint density at radius 2 is 2.32 bits per heavy atom. The lowest BCUT2D eigenvalue weighted by Gasteiger charge is -2.06. The molecular formula is C12H13ClN2O3S. The summed E-state index contributed by atoms with van der Waals surface area (Å²) in [6.45, 7) is 4.06. The highest BCUT2D eigenvalue weighted by molar-refractivity contribution is 7.99. The molecule has 1 aromatic carbocycles. The predicted molar refractivity (Wildman–Crippen MR) is 78.0 cm³/mol. The average molecular weight is 301 g/mol. The summed E-state index contributed by atoms with van der Waals surface area (Å²) >= 11 is 7.47. The van der Waals surface area contributed by atoms with Crippen LogP contribution in [0.1, 0.15) is 10.4 Å². The van der Waals surface area contributed by atoms with Gasteiger partial charge in [0.25, 0.3) is 11.6 Å². The molecule has 1 aromatic rings. The van der Waals surface area contributed by atoms with E-state index in [4.69, 9.17) is 11.6 Å². The van der Waals surface area contributed by atoms with Crippen LogP contribution < -0.4 is 5.32 Å². The van der Waals surface area contributed by atoms with Crippen molar-refractivity contribution in [1.82, 2.24) is 5.32 Å². The molecule has 0 saturated carbocycles. The van der Waals surface area contributed by atoms with E-state index in [1.807, 2.05) is 0 Å². The minimum absolute atomic E-state index is 0.115. The van der Waals surface area contributed by atoms with Crippen molar-refractivity contribution in [3.8, 4) is 0 Å². The van der Waals surface area contributed by atoms with Gasteiger partial charge in [0.15, 0.2) is 0 Å². The molecule has 0 aliphatic rings. The molecule has 0 heterocycles. The first-order valence-electron chi connectivity index (χ1n) is 5.47. The summed E-state index contributed by atoms with van der Waals surface area (Å²) in [5, 5.41) is 13.2. The molecule has 0 spiro atoms. The molecule has 0 atom stereocenters. The van der Waals surface area contributed by atoms with Gasteiger partial charge in [0, 0.05) is 24.1 Å². The fraction of sp³-hybridized carbons (Fsp3) is 0.250. The maximum atomic E-state index is 11.8. The largest absolute Gasteiger partial charge is 0.351 e. The summed E-state index contributed by atoms with van der Waals surface area (Å²) in [4.78, 5) is 21.9. The van der Waals surface area contributed by atoms with Crippen LogP contribution in [0, 0.1) is 10.1 Å². The topological polar surface area (TPSA) is 72.2 Å². The third-order valence-corrected chi connectivity index (χ3v) is 3.55. The first-order chi connectivity index (χ1) is 9.07. The highest BCUT2D eigenvalue weighted by Gasteiger charge is 2.19. The molecule has 7 heteroatoms. The Kier molecular flexibility index (Phi) is 6.38. The highest BCUT2D eigenvalue weighted by Crippen LogP contribution is 2.27. The SMILES string of the molecule is C=CCSCCNC(=O)c1cccc([N+](=O)[O-])c1Cl. The first-order valence-corrected chi connectivity index (χ1v) is 7.01. The molecule has 0 saturated heterocycles. The fourth-order valence-electron chi connectivity index (χ4n) is 1.33. The molecule has 1 N–H and O–H groups in total. The van der Waals surface area contributed by atoms with Gasteiger partial charge in [-0.25, -0.2) is 0 Å². The molecule has 5 nitrogen and oxygen atoms in total. The molecule has 0 aromatic heterocycles. The molecule has 0 aliphatic heterocycles. The van der Waals surface area contributed by atoms with Gasteiger partial charge in [-0.1, -0.05) is 23.7 Å². The van der Waals surface area contributed by atoms with Gasteiger partial charge in [0.2, 0.25) is 0 Å². The number of thioether (sulfide) groups is 1. The lowest BCUT2D eigenvalue weighted by Crippen LogP contribution is -2.26. The van der Waals surface area contributed by atoms with Crippen molar-refractivity contribution in [3.63, 3.8) is 0 Å². The number of nitro benzene ring substituents is 1. The van der Waals surface area contributed by atoms with Crippen molar-refractivity contribution in [2.75, 3.05) is 18.1 Å². The van der Waals surface area contributed by atoms with Crippen LogP contribution in [0.25, 0.3) is 0 Å². The van der Waals surface area contributed by atoms with Crippen LogP contribution in [0.15, 0.2) is 30.9 Å². The number of amides is 1. The van der Waals surface area contributed by atoms with E-state index >= 15 is 0 Å². The third-order valence-electron chi connectivity index (χ3n) is 2.19. The second-order valence-electron chi connectivity index (χ2n) is 3.52. The molecule has 0 aliphatic carbocycles. The van der Waals surface area contributed by atoms with E-state index in [-0.39, 0.29) is 16.3 Å². The van der Waals surface area contributed by atoms with Gasteiger partial charge in [-0.3, -0.25) is 14.9 Å². The van der Waals surface area contributed by atoms with Crippen LogP contribution in [0.5, 0.6) is 0 Å². The number of nitro groups is 1. The number of hydrogen-bond donors (Lipinski definition) is 1. The number of nitrogens with one attached hydrogen (secondary N) is 1. The van der Waals surface area contributed by atoms with Gasteiger partial charge in [-0.2, -0.15) is 11.8 Å². The summed E-state index contributed by atoms with van der Waals surface area (Å²) in [6, 6.07) is 4.16. The van der Waals surface area contributed by atoms with E-state index in [1.54, 1.807) is 17.8 Å². The number of carbonyl (C=O) groups excluding carboxylic acids is 1. The number of nitrogens with zero attached hydrogens (tertiary/aromatic N) is 1. The van der Waals surface area contributed by atoms with Crippen molar-refractivity contribution < 1.29 is 9.72 Å². The van der Waals surface area contributed by atoms with Gasteiger partial charge in [-0.15, -0.1) is 6.58 Å². The van der Waals surface area contributed by atoms with Crippen molar-refractivity contribution in [2.45, 2.75) is 0 Å². The molecule has 102 valence electrons. The molecule has 0 unspecified atom stereocenters. The van der Waals surface area contributed by atoms with E-state index in [2.05, 4.69) is 11.9 Å². The molecule has 19 heavy (non-hydrogen) atoms. The zero-order chi connectivity index (χ0) is 14.3. The van der Waals surface area contributed by atoms with E-state index in [0.717, 1.165) is 11.5 Å². The minimum atomic E-state index is -0.612. The van der Waals surface area contributed by atoms with Crippen LogP contribution in [-0.4, -0.2) is 28.9 Å². The zero-order valence-electron chi connectivity index (χ0n) is 10.1. The number of halogens is 1. The molecular weight excluding hydrogens is 288 g/mol. The monoisotopic (exact) mass is 300 g/mol. The molecule has 1 rings (SSSR count). The van der Waals surface area contributed by atoms with Crippen molar-refractivity contribution in [2.24, 2.45) is 0 Å². The zero-order valence-corrected chi connectivity index (χ0v) is 11.7. The standard InChI is InChI=1S/C12H13ClN2O3S/c1-2-7-19-8-6-14-12(16)9-4-3-5-10(11(9)13)15(17)18/h2-5H,1,6-8H2,(H,14,16). The van der Waals surface area contributed by atoms with E-state index < -0.39 is 10.8 Å². The molecule has 0 fully saturated rings. The van der Waals surface area contributed by atoms with Gasteiger partial charge in [0.1, 0.15) is 5.02 Å². The molecule has 0 radical (unpaired) electrons. The number of rotatable bonds is 7. The van der Waals surface area contributed by atoms with Crippen molar-refractivity contribution >= 4 is 35.0 Å². The molecule has 0 bridgehead atoms. The smallest absolute Gasteiger partial charge is 0.288 e. The van der Waals surface area contributed by atoms with E-state index in [1.165, 1.54) is 18.2 Å². The number of hydrogen-bond acceptors (Lipinski definition) is 4. The van der Waals surface area contributed by atoms with Crippen LogP contribution in [0.2, 0.25) is 5.02 Å². The summed E-state index contributed by atoms with van der Waals surface area (Å²) in [5.41, 5.74) is -0.153. The summed E-state index contributed by atoms with van der Waals surface area (Å²) < 4.78 is 0. The lowest BCUT2D eigenvalue weighted by atomic mass is 10.2. The van der Waals surface area contributed by atoms with Crippen LogP contribution in [0.3, 0.4) is 0 Å². The Labute approximate surface area is 120 Å². The Morgan fingerprint density at radius 3 is 2.95 bits per heavy atom. The van der Waals surface area contributed by atoms with Gasteiger partial charge in [-0.05, 0) is 6.07 Å². The van der Waals surface area contributed by atoms with Crippen LogP contribution in [0.4, 0.5) is 5.69 Å². The molecule has 1 amide bonds. The Balaban J connectivity index is 2.64. The summed E-state index contributed by atoms with van der Waals surface area (Å²) in [6.07, 6.45) is 1.78. The second-order valence-corrected chi connectivity index (χ2v) is 5.04. The Morgan fingerprint density at radius 1 is 1.58 bits per heavy atom. The Hall–Kier alpha value is -1.53. The van der Waals surface area contributed by atoms with Gasteiger partial charge < -0.3 is 5.32 Å². The third kappa shape index (κ3) is 4.57.